The third-order valence-corrected chi connectivity index (χ3v) is 5.13. The molecule has 0 bridgehead atoms. The number of hydrogen-bond acceptors (Lipinski definition) is 7. The summed E-state index contributed by atoms with van der Waals surface area (Å²) in [5.41, 5.74) is 0.512. The van der Waals surface area contributed by atoms with E-state index < -0.39 is 10.0 Å². The van der Waals surface area contributed by atoms with Gasteiger partial charge in [-0.2, -0.15) is 9.57 Å². The third-order valence-electron chi connectivity index (χ3n) is 3.25. The average Bonchev–Trinajstić information content (AvgIpc) is 3.21. The smallest absolute Gasteiger partial charge is 0.245 e. The van der Waals surface area contributed by atoms with Crippen molar-refractivity contribution in [2.75, 3.05) is 6.54 Å². The van der Waals surface area contributed by atoms with Crippen LogP contribution < -0.4 is 0 Å². The second kappa shape index (κ2) is 6.20. The molecule has 3 rings (SSSR count). The van der Waals surface area contributed by atoms with E-state index >= 15 is 0 Å². The highest BCUT2D eigenvalue weighted by Crippen LogP contribution is 2.25. The minimum Gasteiger partial charge on any atom is -0.468 e. The van der Waals surface area contributed by atoms with Crippen LogP contribution in [0.3, 0.4) is 0 Å². The summed E-state index contributed by atoms with van der Waals surface area (Å²) in [7, 11) is -3.89. The van der Waals surface area contributed by atoms with Crippen molar-refractivity contribution in [3.05, 3.63) is 42.4 Å². The molecule has 118 valence electrons. The Kier molecular flexibility index (Phi) is 4.10. The number of nitriles is 1. The molecule has 2 aromatic heterocycles. The molecule has 8 nitrogen and oxygen atoms in total. The van der Waals surface area contributed by atoms with Crippen molar-refractivity contribution in [3.8, 4) is 6.07 Å². The largest absolute Gasteiger partial charge is 0.468 e. The fourth-order valence-electron chi connectivity index (χ4n) is 2.16. The van der Waals surface area contributed by atoms with Gasteiger partial charge in [0, 0.05) is 13.0 Å². The predicted molar refractivity (Wildman–Crippen MR) is 78.3 cm³/mol. The first-order valence-electron chi connectivity index (χ1n) is 6.73. The molecule has 0 saturated heterocycles. The first-order chi connectivity index (χ1) is 11.1. The van der Waals surface area contributed by atoms with Gasteiger partial charge < -0.3 is 4.42 Å². The fraction of sp³-hybridized carbons (Fsp3) is 0.214. The van der Waals surface area contributed by atoms with Crippen molar-refractivity contribution in [2.24, 2.45) is 0 Å². The van der Waals surface area contributed by atoms with Crippen molar-refractivity contribution in [3.63, 3.8) is 0 Å². The zero-order valence-corrected chi connectivity index (χ0v) is 12.7. The molecule has 0 amide bonds. The number of rotatable bonds is 6. The molecule has 1 aromatic carbocycles. The maximum Gasteiger partial charge on any atom is 0.245 e. The number of aromatic nitrogens is 2. The van der Waals surface area contributed by atoms with Crippen LogP contribution in [0.25, 0.3) is 11.0 Å². The van der Waals surface area contributed by atoms with Crippen LogP contribution in [0, 0.1) is 11.3 Å². The van der Waals surface area contributed by atoms with Crippen molar-refractivity contribution in [1.82, 2.24) is 14.6 Å². The number of sulfonamides is 1. The summed E-state index contributed by atoms with van der Waals surface area (Å²) in [6.45, 7) is 0.0693. The average molecular weight is 332 g/mol. The molecule has 2 heterocycles. The summed E-state index contributed by atoms with van der Waals surface area (Å²) in [5, 5.41) is 16.1. The molecule has 0 unspecified atom stereocenters. The molecule has 0 aliphatic carbocycles. The monoisotopic (exact) mass is 332 g/mol. The molecule has 0 radical (unpaired) electrons. The highest BCUT2D eigenvalue weighted by atomic mass is 32.2. The van der Waals surface area contributed by atoms with Gasteiger partial charge in [-0.25, -0.2) is 13.0 Å². The van der Waals surface area contributed by atoms with E-state index in [-0.39, 0.29) is 29.9 Å². The van der Waals surface area contributed by atoms with E-state index in [1.54, 1.807) is 24.3 Å². The second-order valence-electron chi connectivity index (χ2n) is 4.71. The SMILES string of the molecule is N#CCCN(Cc1ccco1)S(=O)(=O)c1cccc2nonc12. The lowest BCUT2D eigenvalue weighted by atomic mass is 10.3. The number of furan rings is 1. The van der Waals surface area contributed by atoms with Gasteiger partial charge in [0.15, 0.2) is 5.52 Å². The molecule has 3 aromatic rings. The van der Waals surface area contributed by atoms with Crippen molar-refractivity contribution in [1.29, 1.82) is 5.26 Å². The molecule has 9 heteroatoms. The Balaban J connectivity index is 2.02. The van der Waals surface area contributed by atoms with E-state index in [1.807, 2.05) is 6.07 Å². The summed E-state index contributed by atoms with van der Waals surface area (Å²) in [6.07, 6.45) is 1.53. The molecule has 0 aliphatic rings. The maximum absolute atomic E-state index is 12.9. The van der Waals surface area contributed by atoms with Gasteiger partial charge in [0.1, 0.15) is 16.2 Å². The quantitative estimate of drug-likeness (QED) is 0.677. The van der Waals surface area contributed by atoms with E-state index in [4.69, 9.17) is 9.68 Å². The van der Waals surface area contributed by atoms with Crippen LogP contribution in [-0.4, -0.2) is 29.6 Å². The zero-order valence-electron chi connectivity index (χ0n) is 11.9. The standard InChI is InChI=1S/C14H12N4O4S/c15-7-3-8-18(10-11-4-2-9-21-11)23(19,20)13-6-1-5-12-14(13)17-22-16-12/h1-2,4-6,9H,3,8,10H2. The van der Waals surface area contributed by atoms with Gasteiger partial charge in [0.25, 0.3) is 0 Å². The molecule has 0 saturated carbocycles. The molecule has 0 spiro atoms. The van der Waals surface area contributed by atoms with Gasteiger partial charge in [-0.1, -0.05) is 6.07 Å². The van der Waals surface area contributed by atoms with Crippen molar-refractivity contribution < 1.29 is 17.5 Å². The van der Waals surface area contributed by atoms with Gasteiger partial charge in [-0.3, -0.25) is 0 Å². The van der Waals surface area contributed by atoms with Gasteiger partial charge in [-0.05, 0) is 34.6 Å². The van der Waals surface area contributed by atoms with E-state index in [9.17, 15) is 8.42 Å². The Morgan fingerprint density at radius 3 is 2.83 bits per heavy atom. The Hall–Kier alpha value is -2.70. The number of benzene rings is 1. The minimum atomic E-state index is -3.89. The Morgan fingerprint density at radius 1 is 1.22 bits per heavy atom. The van der Waals surface area contributed by atoms with Crippen LogP contribution in [0.15, 0.2) is 50.5 Å². The number of fused-ring (bicyclic) bond motifs is 1. The summed E-state index contributed by atoms with van der Waals surface area (Å²) in [5.74, 6) is 0.483. The predicted octanol–water partition coefficient (Wildman–Crippen LogP) is 1.92. The van der Waals surface area contributed by atoms with Crippen LogP contribution >= 0.6 is 0 Å². The number of hydrogen-bond donors (Lipinski definition) is 0. The molecule has 0 atom stereocenters. The van der Waals surface area contributed by atoms with E-state index in [0.717, 1.165) is 0 Å². The van der Waals surface area contributed by atoms with E-state index in [1.165, 1.54) is 16.6 Å². The van der Waals surface area contributed by atoms with Crippen LogP contribution in [0.2, 0.25) is 0 Å². The van der Waals surface area contributed by atoms with Gasteiger partial charge in [0.05, 0.1) is 18.9 Å². The molecular formula is C14H12N4O4S. The minimum absolute atomic E-state index is 0.0132. The summed E-state index contributed by atoms with van der Waals surface area (Å²) < 4.78 is 36.9. The number of nitrogens with zero attached hydrogens (tertiary/aromatic N) is 4. The van der Waals surface area contributed by atoms with Crippen LogP contribution in [0.1, 0.15) is 12.2 Å². The van der Waals surface area contributed by atoms with Crippen LogP contribution in [0.4, 0.5) is 0 Å². The third kappa shape index (κ3) is 2.94. The molecule has 0 aliphatic heterocycles. The van der Waals surface area contributed by atoms with Gasteiger partial charge >= 0.3 is 0 Å². The Bertz CT molecular complexity index is 941. The Labute approximate surface area is 131 Å². The lowest BCUT2D eigenvalue weighted by molar-refractivity contribution is 0.315. The highest BCUT2D eigenvalue weighted by molar-refractivity contribution is 7.89. The van der Waals surface area contributed by atoms with Gasteiger partial charge in [0.2, 0.25) is 10.0 Å². The lowest BCUT2D eigenvalue weighted by Gasteiger charge is -2.20. The zero-order chi connectivity index (χ0) is 16.3. The molecule has 0 N–H and O–H groups in total. The van der Waals surface area contributed by atoms with Crippen molar-refractivity contribution >= 4 is 21.1 Å². The fourth-order valence-corrected chi connectivity index (χ4v) is 3.71. The van der Waals surface area contributed by atoms with Crippen molar-refractivity contribution in [2.45, 2.75) is 17.9 Å². The first-order valence-corrected chi connectivity index (χ1v) is 8.17. The normalized spacial score (nSPS) is 11.8. The topological polar surface area (TPSA) is 113 Å². The van der Waals surface area contributed by atoms with Gasteiger partial charge in [-0.15, -0.1) is 0 Å². The second-order valence-corrected chi connectivity index (χ2v) is 6.62. The van der Waals surface area contributed by atoms with Crippen LogP contribution in [-0.2, 0) is 16.6 Å². The first kappa shape index (κ1) is 15.2. The van der Waals surface area contributed by atoms with E-state index in [2.05, 4.69) is 14.9 Å². The summed E-state index contributed by atoms with van der Waals surface area (Å²) >= 11 is 0. The Morgan fingerprint density at radius 2 is 2.09 bits per heavy atom. The van der Waals surface area contributed by atoms with Crippen LogP contribution in [0.5, 0.6) is 0 Å². The van der Waals surface area contributed by atoms with E-state index in [0.29, 0.717) is 11.3 Å². The molecule has 0 fully saturated rings. The lowest BCUT2D eigenvalue weighted by Crippen LogP contribution is -2.31. The maximum atomic E-state index is 12.9. The molecule has 23 heavy (non-hydrogen) atoms. The summed E-state index contributed by atoms with van der Waals surface area (Å²) in [6, 6.07) is 9.90. The highest BCUT2D eigenvalue weighted by Gasteiger charge is 2.28. The summed E-state index contributed by atoms with van der Waals surface area (Å²) in [4.78, 5) is -0.0132. The molecular weight excluding hydrogens is 320 g/mol.